The molecule has 0 radical (unpaired) electrons. The zero-order valence-electron chi connectivity index (χ0n) is 9.51. The molecule has 0 bridgehead atoms. The van der Waals surface area contributed by atoms with Crippen LogP contribution in [-0.4, -0.2) is 17.1 Å². The molecule has 1 aliphatic rings. The van der Waals surface area contributed by atoms with Gasteiger partial charge in [-0.15, -0.1) is 0 Å². The van der Waals surface area contributed by atoms with Gasteiger partial charge in [0.1, 0.15) is 6.04 Å². The van der Waals surface area contributed by atoms with Crippen LogP contribution in [0.15, 0.2) is 40.7 Å². The average molecular weight is 203 g/mol. The maximum Gasteiger partial charge on any atom is 0.117 e. The van der Waals surface area contributed by atoms with E-state index in [4.69, 9.17) is 0 Å². The van der Waals surface area contributed by atoms with Gasteiger partial charge in [-0.1, -0.05) is 35.6 Å². The van der Waals surface area contributed by atoms with Crippen LogP contribution in [0, 0.1) is 0 Å². The summed E-state index contributed by atoms with van der Waals surface area (Å²) in [6.07, 6.45) is 0. The van der Waals surface area contributed by atoms with Gasteiger partial charge >= 0.3 is 0 Å². The van der Waals surface area contributed by atoms with Crippen LogP contribution in [-0.2, 0) is 0 Å². The molecule has 0 aliphatic carbocycles. The van der Waals surface area contributed by atoms with E-state index in [1.165, 1.54) is 5.56 Å². The maximum atomic E-state index is 4.30. The van der Waals surface area contributed by atoms with Crippen LogP contribution < -0.4 is 0 Å². The lowest BCUT2D eigenvalue weighted by atomic mass is 10.0. The summed E-state index contributed by atoms with van der Waals surface area (Å²) in [4.78, 5) is 0. The molecule has 0 saturated heterocycles. The van der Waals surface area contributed by atoms with Gasteiger partial charge in [-0.2, -0.15) is 5.11 Å². The molecular formula is C12H17N3. The minimum atomic E-state index is 0.0625. The summed E-state index contributed by atoms with van der Waals surface area (Å²) in [7, 11) is 0. The van der Waals surface area contributed by atoms with Crippen LogP contribution in [0.2, 0.25) is 0 Å². The van der Waals surface area contributed by atoms with Gasteiger partial charge in [-0.05, 0) is 26.3 Å². The molecule has 1 atom stereocenters. The van der Waals surface area contributed by atoms with Crippen LogP contribution in [0.25, 0.3) is 0 Å². The maximum absolute atomic E-state index is 4.30. The Kier molecular flexibility index (Phi) is 2.47. The zero-order valence-corrected chi connectivity index (χ0v) is 9.51. The number of rotatable bonds is 1. The number of nitrogens with zero attached hydrogens (tertiary/aromatic N) is 3. The third-order valence-corrected chi connectivity index (χ3v) is 2.60. The van der Waals surface area contributed by atoms with Crippen molar-refractivity contribution in [3.05, 3.63) is 35.9 Å². The lowest BCUT2D eigenvalue weighted by molar-refractivity contribution is 0.155. The van der Waals surface area contributed by atoms with E-state index in [9.17, 15) is 0 Å². The summed E-state index contributed by atoms with van der Waals surface area (Å²) >= 11 is 0. The summed E-state index contributed by atoms with van der Waals surface area (Å²) in [5, 5.41) is 10.6. The summed E-state index contributed by atoms with van der Waals surface area (Å²) in [6.45, 7) is 7.34. The van der Waals surface area contributed by atoms with Gasteiger partial charge in [0.25, 0.3) is 0 Å². The Hall–Kier alpha value is -1.38. The predicted octanol–water partition coefficient (Wildman–Crippen LogP) is 3.21. The smallest absolute Gasteiger partial charge is 0.117 e. The second kappa shape index (κ2) is 3.65. The van der Waals surface area contributed by atoms with E-state index in [-0.39, 0.29) is 11.6 Å². The minimum absolute atomic E-state index is 0.0625. The van der Waals surface area contributed by atoms with Gasteiger partial charge in [0, 0.05) is 0 Å². The number of hydrogen-bond acceptors (Lipinski definition) is 3. The lowest BCUT2D eigenvalue weighted by Crippen LogP contribution is -2.36. The van der Waals surface area contributed by atoms with Crippen LogP contribution in [0.5, 0.6) is 0 Å². The molecule has 2 rings (SSSR count). The molecule has 3 heteroatoms. The molecule has 15 heavy (non-hydrogen) atoms. The van der Waals surface area contributed by atoms with Gasteiger partial charge in [-0.25, -0.2) is 0 Å². The first kappa shape index (κ1) is 10.1. The monoisotopic (exact) mass is 203 g/mol. The van der Waals surface area contributed by atoms with Crippen molar-refractivity contribution in [1.29, 1.82) is 0 Å². The molecule has 80 valence electrons. The normalized spacial score (nSPS) is 21.0. The molecule has 1 unspecified atom stereocenters. The second-order valence-corrected chi connectivity index (χ2v) is 4.88. The van der Waals surface area contributed by atoms with Gasteiger partial charge in [0.15, 0.2) is 0 Å². The first-order valence-electron chi connectivity index (χ1n) is 5.31. The molecule has 0 amide bonds. The van der Waals surface area contributed by atoms with E-state index < -0.39 is 0 Å². The highest BCUT2D eigenvalue weighted by Crippen LogP contribution is 2.29. The highest BCUT2D eigenvalue weighted by Gasteiger charge is 2.28. The highest BCUT2D eigenvalue weighted by molar-refractivity contribution is 5.19. The van der Waals surface area contributed by atoms with Crippen molar-refractivity contribution in [2.45, 2.75) is 32.4 Å². The largest absolute Gasteiger partial charge is 0.271 e. The molecule has 1 aromatic carbocycles. The summed E-state index contributed by atoms with van der Waals surface area (Å²) in [5.41, 5.74) is 1.31. The van der Waals surface area contributed by atoms with Crippen molar-refractivity contribution in [2.24, 2.45) is 10.3 Å². The quantitative estimate of drug-likeness (QED) is 0.688. The van der Waals surface area contributed by atoms with Gasteiger partial charge in [0.05, 0.1) is 12.1 Å². The topological polar surface area (TPSA) is 28.0 Å². The first-order chi connectivity index (χ1) is 7.07. The van der Waals surface area contributed by atoms with Crippen LogP contribution in [0.3, 0.4) is 0 Å². The van der Waals surface area contributed by atoms with Crippen molar-refractivity contribution in [3.63, 3.8) is 0 Å². The molecule has 0 saturated carbocycles. The fourth-order valence-electron chi connectivity index (χ4n) is 1.62. The van der Waals surface area contributed by atoms with Crippen LogP contribution >= 0.6 is 0 Å². The minimum Gasteiger partial charge on any atom is -0.271 e. The Bertz CT molecular complexity index is 351. The van der Waals surface area contributed by atoms with Crippen molar-refractivity contribution in [2.75, 3.05) is 6.54 Å². The van der Waals surface area contributed by atoms with E-state index in [2.05, 4.69) is 43.2 Å². The summed E-state index contributed by atoms with van der Waals surface area (Å²) in [5.74, 6) is 0. The Morgan fingerprint density at radius 3 is 2.40 bits per heavy atom. The Balaban J connectivity index is 2.10. The van der Waals surface area contributed by atoms with Crippen molar-refractivity contribution < 1.29 is 0 Å². The van der Waals surface area contributed by atoms with Gasteiger partial charge in [-0.3, -0.25) is 5.01 Å². The Morgan fingerprint density at radius 1 is 1.20 bits per heavy atom. The van der Waals surface area contributed by atoms with Crippen molar-refractivity contribution in [3.8, 4) is 0 Å². The molecule has 3 nitrogen and oxygen atoms in total. The first-order valence-corrected chi connectivity index (χ1v) is 5.31. The highest BCUT2D eigenvalue weighted by atomic mass is 15.6. The Labute approximate surface area is 90.8 Å². The van der Waals surface area contributed by atoms with Crippen LogP contribution in [0.1, 0.15) is 32.4 Å². The molecule has 1 heterocycles. The van der Waals surface area contributed by atoms with Crippen molar-refractivity contribution >= 4 is 0 Å². The van der Waals surface area contributed by atoms with E-state index in [0.29, 0.717) is 0 Å². The molecule has 1 aliphatic heterocycles. The summed E-state index contributed by atoms with van der Waals surface area (Å²) in [6, 6.07) is 10.5. The molecule has 0 spiro atoms. The fraction of sp³-hybridized carbons (Fsp3) is 0.500. The lowest BCUT2D eigenvalue weighted by Gasteiger charge is -2.28. The second-order valence-electron chi connectivity index (χ2n) is 4.88. The van der Waals surface area contributed by atoms with E-state index in [0.717, 1.165) is 6.54 Å². The van der Waals surface area contributed by atoms with E-state index in [1.807, 2.05) is 23.2 Å². The average Bonchev–Trinajstić information content (AvgIpc) is 2.67. The SMILES string of the molecule is CC(C)(C)N1CC(c2ccccc2)N=N1. The zero-order chi connectivity index (χ0) is 10.9. The molecule has 1 aromatic rings. The molecule has 0 fully saturated rings. The van der Waals surface area contributed by atoms with Gasteiger partial charge < -0.3 is 0 Å². The molecule has 0 aromatic heterocycles. The standard InChI is InChI=1S/C12H17N3/c1-12(2,3)15-9-11(13-14-15)10-7-5-4-6-8-10/h4-8,11H,9H2,1-3H3. The van der Waals surface area contributed by atoms with E-state index >= 15 is 0 Å². The number of hydrogen-bond donors (Lipinski definition) is 0. The third kappa shape index (κ3) is 2.17. The summed E-state index contributed by atoms with van der Waals surface area (Å²) < 4.78 is 0. The molecular weight excluding hydrogens is 186 g/mol. The third-order valence-electron chi connectivity index (χ3n) is 2.60. The van der Waals surface area contributed by atoms with Crippen molar-refractivity contribution in [1.82, 2.24) is 5.01 Å². The van der Waals surface area contributed by atoms with E-state index in [1.54, 1.807) is 0 Å². The van der Waals surface area contributed by atoms with Gasteiger partial charge in [0.2, 0.25) is 0 Å². The fourth-order valence-corrected chi connectivity index (χ4v) is 1.62. The predicted molar refractivity (Wildman–Crippen MR) is 60.5 cm³/mol. The Morgan fingerprint density at radius 2 is 1.87 bits per heavy atom. The molecule has 0 N–H and O–H groups in total. The van der Waals surface area contributed by atoms with Crippen LogP contribution in [0.4, 0.5) is 0 Å². The number of benzene rings is 1.